The molecule has 0 fully saturated rings. The molecular weight excluding hydrogens is 256 g/mol. The van der Waals surface area contributed by atoms with Crippen LogP contribution in [0, 0.1) is 5.92 Å². The van der Waals surface area contributed by atoms with Crippen molar-refractivity contribution in [2.24, 2.45) is 5.92 Å². The third kappa shape index (κ3) is 4.13. The standard InChI is InChI=1S/C13H15ClO4/c1-17-8-12(15)11(13(16)18-2)7-9-3-5-10(14)6-4-9/h3-6,11H,7-8H2,1-2H3. The maximum absolute atomic E-state index is 11.8. The summed E-state index contributed by atoms with van der Waals surface area (Å²) in [5.41, 5.74) is 0.847. The van der Waals surface area contributed by atoms with E-state index in [-0.39, 0.29) is 18.8 Å². The van der Waals surface area contributed by atoms with Crippen LogP contribution in [0.5, 0.6) is 0 Å². The molecule has 0 N–H and O–H groups in total. The molecular formula is C13H15ClO4. The third-order valence-corrected chi connectivity index (χ3v) is 2.77. The summed E-state index contributed by atoms with van der Waals surface area (Å²) in [7, 11) is 2.67. The highest BCUT2D eigenvalue weighted by Crippen LogP contribution is 2.15. The molecule has 1 aromatic rings. The molecule has 0 amide bonds. The molecule has 98 valence electrons. The molecule has 1 unspecified atom stereocenters. The Hall–Kier alpha value is -1.39. The third-order valence-electron chi connectivity index (χ3n) is 2.51. The summed E-state index contributed by atoms with van der Waals surface area (Å²) in [6, 6.07) is 6.98. The number of methoxy groups -OCH3 is 2. The van der Waals surface area contributed by atoms with Crippen LogP contribution in [-0.4, -0.2) is 32.6 Å². The highest BCUT2D eigenvalue weighted by molar-refractivity contribution is 6.30. The molecule has 1 atom stereocenters. The van der Waals surface area contributed by atoms with E-state index in [4.69, 9.17) is 16.3 Å². The lowest BCUT2D eigenvalue weighted by atomic mass is 9.95. The van der Waals surface area contributed by atoms with Crippen LogP contribution < -0.4 is 0 Å². The number of rotatable bonds is 6. The molecule has 0 spiro atoms. The van der Waals surface area contributed by atoms with Gasteiger partial charge in [0.2, 0.25) is 0 Å². The zero-order chi connectivity index (χ0) is 13.5. The minimum Gasteiger partial charge on any atom is -0.468 e. The summed E-state index contributed by atoms with van der Waals surface area (Å²) in [6.45, 7) is -0.104. The topological polar surface area (TPSA) is 52.6 Å². The fourth-order valence-corrected chi connectivity index (χ4v) is 1.70. The summed E-state index contributed by atoms with van der Waals surface area (Å²) >= 11 is 5.77. The number of hydrogen-bond donors (Lipinski definition) is 0. The van der Waals surface area contributed by atoms with Crippen LogP contribution in [0.3, 0.4) is 0 Å². The lowest BCUT2D eigenvalue weighted by Crippen LogP contribution is -2.30. The summed E-state index contributed by atoms with van der Waals surface area (Å²) < 4.78 is 9.39. The predicted molar refractivity (Wildman–Crippen MR) is 67.5 cm³/mol. The Morgan fingerprint density at radius 2 is 1.83 bits per heavy atom. The first-order valence-electron chi connectivity index (χ1n) is 5.42. The van der Waals surface area contributed by atoms with Gasteiger partial charge in [0.05, 0.1) is 7.11 Å². The molecule has 4 nitrogen and oxygen atoms in total. The maximum Gasteiger partial charge on any atom is 0.316 e. The van der Waals surface area contributed by atoms with Crippen LogP contribution in [0.15, 0.2) is 24.3 Å². The van der Waals surface area contributed by atoms with Gasteiger partial charge in [-0.25, -0.2) is 0 Å². The Morgan fingerprint density at radius 3 is 2.33 bits per heavy atom. The highest BCUT2D eigenvalue weighted by Gasteiger charge is 2.27. The molecule has 0 aliphatic carbocycles. The van der Waals surface area contributed by atoms with Gasteiger partial charge < -0.3 is 9.47 Å². The molecule has 5 heteroatoms. The lowest BCUT2D eigenvalue weighted by Gasteiger charge is -2.13. The Balaban J connectivity index is 2.81. The molecule has 0 aromatic heterocycles. The van der Waals surface area contributed by atoms with E-state index < -0.39 is 11.9 Å². The zero-order valence-electron chi connectivity index (χ0n) is 10.3. The van der Waals surface area contributed by atoms with E-state index in [0.717, 1.165) is 5.56 Å². The average molecular weight is 271 g/mol. The first-order chi connectivity index (χ1) is 8.58. The molecule has 0 saturated heterocycles. The second kappa shape index (κ2) is 7.13. The van der Waals surface area contributed by atoms with Crippen molar-refractivity contribution in [1.29, 1.82) is 0 Å². The molecule has 0 bridgehead atoms. The fourth-order valence-electron chi connectivity index (χ4n) is 1.57. The summed E-state index contributed by atoms with van der Waals surface area (Å²) in [5.74, 6) is -1.68. The smallest absolute Gasteiger partial charge is 0.316 e. The number of benzene rings is 1. The maximum atomic E-state index is 11.8. The molecule has 18 heavy (non-hydrogen) atoms. The average Bonchev–Trinajstić information content (AvgIpc) is 2.37. The predicted octanol–water partition coefficient (Wildman–Crippen LogP) is 1.89. The van der Waals surface area contributed by atoms with Crippen molar-refractivity contribution in [1.82, 2.24) is 0 Å². The molecule has 0 saturated carbocycles. The summed E-state index contributed by atoms with van der Waals surface area (Å²) in [5, 5.41) is 0.608. The van der Waals surface area contributed by atoms with Crippen LogP contribution in [0.25, 0.3) is 0 Å². The summed E-state index contributed by atoms with van der Waals surface area (Å²) in [6.07, 6.45) is 0.284. The van der Waals surface area contributed by atoms with E-state index in [0.29, 0.717) is 5.02 Å². The van der Waals surface area contributed by atoms with E-state index in [9.17, 15) is 9.59 Å². The van der Waals surface area contributed by atoms with Gasteiger partial charge in [0.1, 0.15) is 12.5 Å². The summed E-state index contributed by atoms with van der Waals surface area (Å²) in [4.78, 5) is 23.3. The van der Waals surface area contributed by atoms with Crippen molar-refractivity contribution in [3.63, 3.8) is 0 Å². The highest BCUT2D eigenvalue weighted by atomic mass is 35.5. The van der Waals surface area contributed by atoms with E-state index in [1.807, 2.05) is 0 Å². The molecule has 0 radical (unpaired) electrons. The van der Waals surface area contributed by atoms with E-state index >= 15 is 0 Å². The van der Waals surface area contributed by atoms with Gasteiger partial charge in [0.15, 0.2) is 5.78 Å². The Labute approximate surface area is 111 Å². The lowest BCUT2D eigenvalue weighted by molar-refractivity contribution is -0.150. The first-order valence-corrected chi connectivity index (χ1v) is 5.80. The van der Waals surface area contributed by atoms with Crippen molar-refractivity contribution >= 4 is 23.4 Å². The first kappa shape index (κ1) is 14.7. The van der Waals surface area contributed by atoms with Gasteiger partial charge in [-0.15, -0.1) is 0 Å². The van der Waals surface area contributed by atoms with Gasteiger partial charge in [-0.05, 0) is 24.1 Å². The van der Waals surface area contributed by atoms with Gasteiger partial charge >= 0.3 is 5.97 Å². The zero-order valence-corrected chi connectivity index (χ0v) is 11.1. The van der Waals surface area contributed by atoms with E-state index in [1.165, 1.54) is 14.2 Å². The Bertz CT molecular complexity index is 414. The monoisotopic (exact) mass is 270 g/mol. The number of carbonyl (C=O) groups excluding carboxylic acids is 2. The van der Waals surface area contributed by atoms with E-state index in [2.05, 4.69) is 4.74 Å². The number of halogens is 1. The molecule has 0 heterocycles. The van der Waals surface area contributed by atoms with Gasteiger partial charge in [-0.1, -0.05) is 23.7 Å². The second-order valence-electron chi connectivity index (χ2n) is 3.81. The minimum absolute atomic E-state index is 0.104. The molecule has 0 aliphatic heterocycles. The van der Waals surface area contributed by atoms with Gasteiger partial charge in [0, 0.05) is 12.1 Å². The normalized spacial score (nSPS) is 11.9. The van der Waals surface area contributed by atoms with Gasteiger partial charge in [-0.2, -0.15) is 0 Å². The van der Waals surface area contributed by atoms with Gasteiger partial charge in [0.25, 0.3) is 0 Å². The number of carbonyl (C=O) groups is 2. The van der Waals surface area contributed by atoms with Crippen molar-refractivity contribution < 1.29 is 19.1 Å². The number of ether oxygens (including phenoxy) is 2. The quantitative estimate of drug-likeness (QED) is 0.585. The molecule has 1 aromatic carbocycles. The number of ketones is 1. The van der Waals surface area contributed by atoms with Crippen LogP contribution in [0.4, 0.5) is 0 Å². The van der Waals surface area contributed by atoms with Crippen molar-refractivity contribution in [2.75, 3.05) is 20.8 Å². The Morgan fingerprint density at radius 1 is 1.22 bits per heavy atom. The van der Waals surface area contributed by atoms with Crippen molar-refractivity contribution in [2.45, 2.75) is 6.42 Å². The van der Waals surface area contributed by atoms with E-state index in [1.54, 1.807) is 24.3 Å². The number of Topliss-reactive ketones (excluding diaryl/α,β-unsaturated/α-hetero) is 1. The molecule has 1 rings (SSSR count). The van der Waals surface area contributed by atoms with Crippen molar-refractivity contribution in [3.8, 4) is 0 Å². The minimum atomic E-state index is -0.837. The van der Waals surface area contributed by atoms with Gasteiger partial charge in [-0.3, -0.25) is 9.59 Å². The SMILES string of the molecule is COCC(=O)C(Cc1ccc(Cl)cc1)C(=O)OC. The largest absolute Gasteiger partial charge is 0.468 e. The van der Waals surface area contributed by atoms with Crippen molar-refractivity contribution in [3.05, 3.63) is 34.9 Å². The number of esters is 1. The van der Waals surface area contributed by atoms with Crippen LogP contribution in [-0.2, 0) is 25.5 Å². The van der Waals surface area contributed by atoms with Crippen LogP contribution in [0.1, 0.15) is 5.56 Å². The van der Waals surface area contributed by atoms with Crippen LogP contribution in [0.2, 0.25) is 5.02 Å². The second-order valence-corrected chi connectivity index (χ2v) is 4.24. The van der Waals surface area contributed by atoms with Crippen LogP contribution >= 0.6 is 11.6 Å². The molecule has 0 aliphatic rings. The fraction of sp³-hybridized carbons (Fsp3) is 0.385. The Kier molecular flexibility index (Phi) is 5.82. The number of hydrogen-bond acceptors (Lipinski definition) is 4.